The summed E-state index contributed by atoms with van der Waals surface area (Å²) in [5, 5.41) is 2.86. The zero-order valence-electron chi connectivity index (χ0n) is 13.9. The van der Waals surface area contributed by atoms with Crippen LogP contribution in [-0.4, -0.2) is 19.1 Å². The van der Waals surface area contributed by atoms with Gasteiger partial charge in [0.1, 0.15) is 11.5 Å². The molecule has 1 N–H and O–H groups in total. The van der Waals surface area contributed by atoms with Crippen LogP contribution in [0.15, 0.2) is 42.5 Å². The predicted molar refractivity (Wildman–Crippen MR) is 90.9 cm³/mol. The van der Waals surface area contributed by atoms with Gasteiger partial charge in [0.25, 0.3) is 5.91 Å². The summed E-state index contributed by atoms with van der Waals surface area (Å²) in [6.45, 7) is 6.92. The van der Waals surface area contributed by atoms with E-state index in [1.54, 1.807) is 0 Å². The Kier molecular flexibility index (Phi) is 6.03. The summed E-state index contributed by atoms with van der Waals surface area (Å²) < 4.78 is 11.1. The van der Waals surface area contributed by atoms with E-state index in [2.05, 4.69) is 5.32 Å². The first-order chi connectivity index (χ1) is 11.1. The first kappa shape index (κ1) is 16.9. The van der Waals surface area contributed by atoms with Gasteiger partial charge in [-0.05, 0) is 44.0 Å². The minimum Gasteiger partial charge on any atom is -0.494 e. The number of ether oxygens (including phenoxy) is 2. The van der Waals surface area contributed by atoms with Gasteiger partial charge in [-0.2, -0.15) is 0 Å². The fourth-order valence-corrected chi connectivity index (χ4v) is 2.20. The van der Waals surface area contributed by atoms with Gasteiger partial charge in [-0.25, -0.2) is 0 Å². The first-order valence-corrected chi connectivity index (χ1v) is 7.77. The highest BCUT2D eigenvalue weighted by Crippen LogP contribution is 2.19. The molecule has 0 saturated heterocycles. The summed E-state index contributed by atoms with van der Waals surface area (Å²) >= 11 is 0. The largest absolute Gasteiger partial charge is 0.494 e. The summed E-state index contributed by atoms with van der Waals surface area (Å²) in [5.41, 5.74) is 3.08. The van der Waals surface area contributed by atoms with Gasteiger partial charge < -0.3 is 14.8 Å². The lowest BCUT2D eigenvalue weighted by atomic mass is 10.1. The highest BCUT2D eigenvalue weighted by Gasteiger charge is 2.07. The maximum Gasteiger partial charge on any atom is 0.258 e. The molecule has 4 nitrogen and oxygen atoms in total. The highest BCUT2D eigenvalue weighted by molar-refractivity contribution is 5.77. The number of carbonyl (C=O) groups is 1. The van der Waals surface area contributed by atoms with Crippen LogP contribution in [0.25, 0.3) is 0 Å². The Balaban J connectivity index is 1.87. The monoisotopic (exact) mass is 313 g/mol. The molecular weight excluding hydrogens is 290 g/mol. The molecule has 2 aromatic rings. The van der Waals surface area contributed by atoms with E-state index in [0.29, 0.717) is 13.2 Å². The van der Waals surface area contributed by atoms with Crippen LogP contribution in [0, 0.1) is 13.8 Å². The topological polar surface area (TPSA) is 47.6 Å². The van der Waals surface area contributed by atoms with Gasteiger partial charge in [0.2, 0.25) is 0 Å². The summed E-state index contributed by atoms with van der Waals surface area (Å²) in [7, 11) is 0. The van der Waals surface area contributed by atoms with Crippen molar-refractivity contribution in [2.45, 2.75) is 27.3 Å². The normalized spacial score (nSPS) is 10.2. The van der Waals surface area contributed by atoms with Crippen LogP contribution in [0.5, 0.6) is 11.5 Å². The SMILES string of the molecule is CCOc1ccccc1CNC(=O)COc1cc(C)ccc1C. The summed E-state index contributed by atoms with van der Waals surface area (Å²) in [6, 6.07) is 13.6. The molecule has 2 aromatic carbocycles. The second-order valence-electron chi connectivity index (χ2n) is 5.38. The number of hydrogen-bond donors (Lipinski definition) is 1. The molecule has 0 bridgehead atoms. The van der Waals surface area contributed by atoms with Crippen molar-refractivity contribution in [1.82, 2.24) is 5.32 Å². The maximum atomic E-state index is 12.0. The molecule has 0 spiro atoms. The highest BCUT2D eigenvalue weighted by atomic mass is 16.5. The minimum absolute atomic E-state index is 0.00109. The smallest absolute Gasteiger partial charge is 0.258 e. The van der Waals surface area contributed by atoms with Crippen molar-refractivity contribution in [1.29, 1.82) is 0 Å². The Labute approximate surface area is 137 Å². The van der Waals surface area contributed by atoms with Gasteiger partial charge in [0.05, 0.1) is 6.61 Å². The molecule has 0 fully saturated rings. The van der Waals surface area contributed by atoms with E-state index in [1.165, 1.54) is 0 Å². The van der Waals surface area contributed by atoms with Gasteiger partial charge in [-0.15, -0.1) is 0 Å². The standard InChI is InChI=1S/C19H23NO3/c1-4-22-17-8-6-5-7-16(17)12-20-19(21)13-23-18-11-14(2)9-10-15(18)3/h5-11H,4,12-13H2,1-3H3,(H,20,21). The lowest BCUT2D eigenvalue weighted by Crippen LogP contribution is -2.28. The maximum absolute atomic E-state index is 12.0. The van der Waals surface area contributed by atoms with Crippen LogP contribution < -0.4 is 14.8 Å². The predicted octanol–water partition coefficient (Wildman–Crippen LogP) is 3.40. The molecule has 0 heterocycles. The third kappa shape index (κ3) is 5.02. The molecule has 0 aromatic heterocycles. The molecule has 4 heteroatoms. The lowest BCUT2D eigenvalue weighted by molar-refractivity contribution is -0.123. The number of para-hydroxylation sites is 1. The van der Waals surface area contributed by atoms with Crippen LogP contribution in [0.3, 0.4) is 0 Å². The number of rotatable bonds is 7. The molecule has 0 atom stereocenters. The zero-order valence-corrected chi connectivity index (χ0v) is 13.9. The Hall–Kier alpha value is -2.49. The average Bonchev–Trinajstić information content (AvgIpc) is 2.55. The fourth-order valence-electron chi connectivity index (χ4n) is 2.20. The van der Waals surface area contributed by atoms with Crippen LogP contribution in [-0.2, 0) is 11.3 Å². The number of nitrogens with one attached hydrogen (secondary N) is 1. The van der Waals surface area contributed by atoms with E-state index in [-0.39, 0.29) is 12.5 Å². The number of carbonyl (C=O) groups excluding carboxylic acids is 1. The second kappa shape index (κ2) is 8.22. The Morgan fingerprint density at radius 2 is 1.83 bits per heavy atom. The molecule has 0 unspecified atom stereocenters. The summed E-state index contributed by atoms with van der Waals surface area (Å²) in [6.07, 6.45) is 0. The van der Waals surface area contributed by atoms with Gasteiger partial charge >= 0.3 is 0 Å². The zero-order chi connectivity index (χ0) is 16.7. The number of aryl methyl sites for hydroxylation is 2. The summed E-state index contributed by atoms with van der Waals surface area (Å²) in [5.74, 6) is 1.39. The van der Waals surface area contributed by atoms with Crippen molar-refractivity contribution in [3.8, 4) is 11.5 Å². The Bertz CT molecular complexity index is 667. The van der Waals surface area contributed by atoms with E-state index in [1.807, 2.05) is 63.2 Å². The molecule has 0 aliphatic rings. The molecule has 0 aliphatic heterocycles. The molecule has 0 aliphatic carbocycles. The van der Waals surface area contributed by atoms with Gasteiger partial charge in [0.15, 0.2) is 6.61 Å². The van der Waals surface area contributed by atoms with Crippen LogP contribution in [0.2, 0.25) is 0 Å². The van der Waals surface area contributed by atoms with E-state index in [4.69, 9.17) is 9.47 Å². The van der Waals surface area contributed by atoms with Crippen molar-refractivity contribution in [3.63, 3.8) is 0 Å². The quantitative estimate of drug-likeness (QED) is 0.852. The van der Waals surface area contributed by atoms with Gasteiger partial charge in [0, 0.05) is 12.1 Å². The summed E-state index contributed by atoms with van der Waals surface area (Å²) in [4.78, 5) is 12.0. The second-order valence-corrected chi connectivity index (χ2v) is 5.38. The molecule has 1 amide bonds. The number of amides is 1. The Morgan fingerprint density at radius 1 is 1.04 bits per heavy atom. The van der Waals surface area contributed by atoms with Crippen molar-refractivity contribution >= 4 is 5.91 Å². The fraction of sp³-hybridized carbons (Fsp3) is 0.316. The molecule has 23 heavy (non-hydrogen) atoms. The third-order valence-electron chi connectivity index (χ3n) is 3.45. The molecular formula is C19H23NO3. The molecule has 2 rings (SSSR count). The van der Waals surface area contributed by atoms with E-state index in [0.717, 1.165) is 28.2 Å². The molecule has 0 radical (unpaired) electrons. The van der Waals surface area contributed by atoms with E-state index >= 15 is 0 Å². The van der Waals surface area contributed by atoms with Crippen LogP contribution in [0.1, 0.15) is 23.6 Å². The minimum atomic E-state index is -0.155. The Morgan fingerprint density at radius 3 is 2.61 bits per heavy atom. The van der Waals surface area contributed by atoms with E-state index < -0.39 is 0 Å². The number of benzene rings is 2. The lowest BCUT2D eigenvalue weighted by Gasteiger charge is -2.12. The van der Waals surface area contributed by atoms with Gasteiger partial charge in [-0.1, -0.05) is 30.3 Å². The van der Waals surface area contributed by atoms with E-state index in [9.17, 15) is 4.79 Å². The van der Waals surface area contributed by atoms with Crippen LogP contribution >= 0.6 is 0 Å². The van der Waals surface area contributed by atoms with Crippen molar-refractivity contribution < 1.29 is 14.3 Å². The van der Waals surface area contributed by atoms with Gasteiger partial charge in [-0.3, -0.25) is 4.79 Å². The molecule has 122 valence electrons. The first-order valence-electron chi connectivity index (χ1n) is 7.77. The average molecular weight is 313 g/mol. The van der Waals surface area contributed by atoms with Crippen molar-refractivity contribution in [2.75, 3.05) is 13.2 Å². The van der Waals surface area contributed by atoms with Crippen LogP contribution in [0.4, 0.5) is 0 Å². The third-order valence-corrected chi connectivity index (χ3v) is 3.45. The number of hydrogen-bond acceptors (Lipinski definition) is 3. The van der Waals surface area contributed by atoms with Crippen molar-refractivity contribution in [3.05, 3.63) is 59.2 Å². The van der Waals surface area contributed by atoms with Crippen molar-refractivity contribution in [2.24, 2.45) is 0 Å². The molecule has 0 saturated carbocycles.